The number of nitrogens with one attached hydrogen (secondary N) is 1. The molecule has 0 radical (unpaired) electrons. The first-order chi connectivity index (χ1) is 19.0. The van der Waals surface area contributed by atoms with Gasteiger partial charge in [-0.2, -0.15) is 13.2 Å². The molecule has 1 aromatic heterocycles. The van der Waals surface area contributed by atoms with Crippen LogP contribution in [0.1, 0.15) is 17.5 Å². The van der Waals surface area contributed by atoms with Crippen molar-refractivity contribution in [3.63, 3.8) is 0 Å². The fraction of sp³-hybridized carbons (Fsp3) is 0.286. The van der Waals surface area contributed by atoms with Crippen molar-refractivity contribution < 1.29 is 18.0 Å². The number of rotatable bonds is 6. The van der Waals surface area contributed by atoms with E-state index in [1.165, 1.54) is 29.7 Å². The number of carbonyl (C=O) groups excluding carboxylic acids is 1. The number of halogens is 3. The number of aromatic nitrogens is 2. The molecule has 0 spiro atoms. The number of allylic oxidation sites excluding steroid dienone is 2. The second kappa shape index (κ2) is 12.2. The van der Waals surface area contributed by atoms with Gasteiger partial charge < -0.3 is 20.9 Å². The van der Waals surface area contributed by atoms with E-state index < -0.39 is 17.7 Å². The van der Waals surface area contributed by atoms with Crippen LogP contribution in [0.3, 0.4) is 0 Å². The van der Waals surface area contributed by atoms with Gasteiger partial charge in [-0.1, -0.05) is 6.07 Å². The topological polar surface area (TPSA) is 117 Å². The maximum atomic E-state index is 13.7. The Morgan fingerprint density at radius 1 is 1.15 bits per heavy atom. The molecule has 1 aromatic carbocycles. The van der Waals surface area contributed by atoms with Crippen LogP contribution < -0.4 is 21.9 Å². The zero-order valence-electron chi connectivity index (χ0n) is 22.2. The van der Waals surface area contributed by atoms with Crippen molar-refractivity contribution in [3.8, 4) is 0 Å². The van der Waals surface area contributed by atoms with Gasteiger partial charge in [-0.15, -0.1) is 5.73 Å². The number of nitrogens with two attached hydrogens (primary N) is 2. The standard InChI is InChI=1S/C28H31F3N8O/c1-19-4-6-23(14-26(19)39(33)17-25(32)21-15-34-18-35-16-21)36-27(40)20-12-22(28(29,30)31)5-7-24(13-20)38-9-3-8-37(2)10-11-38/h4,6-7,12-18H,3,8-11,32-33H2,1-2H3,(H,36,40)/b25-17-. The highest BCUT2D eigenvalue weighted by atomic mass is 19.4. The van der Waals surface area contributed by atoms with Gasteiger partial charge in [0, 0.05) is 66.8 Å². The summed E-state index contributed by atoms with van der Waals surface area (Å²) in [6.45, 7) is 4.74. The number of hydrazine groups is 1. The van der Waals surface area contributed by atoms with Crippen molar-refractivity contribution >= 4 is 23.0 Å². The first-order valence-electron chi connectivity index (χ1n) is 12.6. The summed E-state index contributed by atoms with van der Waals surface area (Å²) in [4.78, 5) is 25.3. The van der Waals surface area contributed by atoms with Gasteiger partial charge >= 0.3 is 6.18 Å². The van der Waals surface area contributed by atoms with E-state index in [4.69, 9.17) is 11.6 Å². The monoisotopic (exact) mass is 552 g/mol. The Bertz CT molecular complexity index is 1410. The molecular formula is C28H31F3N8O. The van der Waals surface area contributed by atoms with Gasteiger partial charge in [-0.05, 0) is 56.8 Å². The minimum atomic E-state index is -4.67. The van der Waals surface area contributed by atoms with E-state index in [1.54, 1.807) is 30.6 Å². The van der Waals surface area contributed by atoms with E-state index in [0.717, 1.165) is 31.1 Å². The summed E-state index contributed by atoms with van der Waals surface area (Å²) in [6.07, 6.45) is 5.72. The smallest absolute Gasteiger partial charge is 0.397 e. The zero-order valence-corrected chi connectivity index (χ0v) is 22.2. The lowest BCUT2D eigenvalue weighted by Gasteiger charge is -2.23. The van der Waals surface area contributed by atoms with Crippen LogP contribution in [0.5, 0.6) is 0 Å². The highest BCUT2D eigenvalue weighted by molar-refractivity contribution is 6.06. The fourth-order valence-electron chi connectivity index (χ4n) is 4.28. The number of alkyl halides is 3. The lowest BCUT2D eigenvalue weighted by Crippen LogP contribution is -2.28. The minimum Gasteiger partial charge on any atom is -0.397 e. The van der Waals surface area contributed by atoms with Gasteiger partial charge in [0.15, 0.2) is 0 Å². The number of nitrogens with zero attached hydrogens (tertiary/aromatic N) is 5. The first-order valence-corrected chi connectivity index (χ1v) is 12.6. The third-order valence-electron chi connectivity index (χ3n) is 6.55. The molecule has 4 rings (SSSR count). The first kappa shape index (κ1) is 28.6. The van der Waals surface area contributed by atoms with E-state index in [0.29, 0.717) is 41.4 Å². The van der Waals surface area contributed by atoms with Crippen LogP contribution >= 0.6 is 0 Å². The molecule has 2 aromatic rings. The van der Waals surface area contributed by atoms with E-state index in [9.17, 15) is 18.0 Å². The van der Waals surface area contributed by atoms with Crippen LogP contribution in [-0.2, 0) is 4.79 Å². The molecule has 0 unspecified atom stereocenters. The Kier molecular flexibility index (Phi) is 8.73. The Labute approximate surface area is 230 Å². The summed E-state index contributed by atoms with van der Waals surface area (Å²) in [6, 6.07) is 5.00. The number of carbonyl (C=O) groups is 1. The second-order valence-corrected chi connectivity index (χ2v) is 9.59. The molecule has 210 valence electrons. The van der Waals surface area contributed by atoms with Crippen molar-refractivity contribution in [2.45, 2.75) is 19.5 Å². The number of benzene rings is 1. The summed E-state index contributed by atoms with van der Waals surface area (Å²) in [5, 5.41) is 4.00. The molecule has 1 aliphatic carbocycles. The lowest BCUT2D eigenvalue weighted by molar-refractivity contribution is -0.112. The Morgan fingerprint density at radius 2 is 1.90 bits per heavy atom. The van der Waals surface area contributed by atoms with Crippen LogP contribution in [0.4, 0.5) is 24.5 Å². The third-order valence-corrected chi connectivity index (χ3v) is 6.55. The van der Waals surface area contributed by atoms with E-state index in [1.807, 2.05) is 18.9 Å². The molecule has 0 saturated carbocycles. The Balaban J connectivity index is 1.60. The number of hydrogen-bond acceptors (Lipinski definition) is 8. The molecule has 12 heteroatoms. The molecule has 40 heavy (non-hydrogen) atoms. The number of aryl methyl sites for hydroxylation is 1. The SMILES string of the molecule is Cc1ccc(NC(=O)C2=CC(C(F)(F)F)=C=CC(N3CCCN(C)CC3)=C2)cc1N(N)/C=C(\N)c1cncnc1. The molecule has 1 aliphatic heterocycles. The van der Waals surface area contributed by atoms with Gasteiger partial charge in [0.05, 0.1) is 17.0 Å². The number of likely N-dealkylation sites (N-methyl/N-ethyl adjacent to an activating group) is 1. The van der Waals surface area contributed by atoms with E-state index in [-0.39, 0.29) is 5.57 Å². The zero-order chi connectivity index (χ0) is 28.9. The predicted octanol–water partition coefficient (Wildman–Crippen LogP) is 3.47. The van der Waals surface area contributed by atoms with Gasteiger partial charge in [-0.3, -0.25) is 9.80 Å². The van der Waals surface area contributed by atoms with Gasteiger partial charge in [0.25, 0.3) is 5.91 Å². The molecule has 0 bridgehead atoms. The van der Waals surface area contributed by atoms with Gasteiger partial charge in [0.2, 0.25) is 0 Å². The van der Waals surface area contributed by atoms with E-state index in [2.05, 4.69) is 25.9 Å². The average molecular weight is 553 g/mol. The molecule has 2 heterocycles. The highest BCUT2D eigenvalue weighted by Crippen LogP contribution is 2.30. The summed E-state index contributed by atoms with van der Waals surface area (Å²) in [7, 11) is 2.00. The van der Waals surface area contributed by atoms with Crippen molar-refractivity contribution in [2.75, 3.05) is 43.6 Å². The summed E-state index contributed by atoms with van der Waals surface area (Å²) in [5.41, 5.74) is 10.3. The lowest BCUT2D eigenvalue weighted by atomic mass is 10.1. The second-order valence-electron chi connectivity index (χ2n) is 9.59. The maximum absolute atomic E-state index is 13.7. The van der Waals surface area contributed by atoms with Crippen LogP contribution in [0.2, 0.25) is 0 Å². The largest absolute Gasteiger partial charge is 0.423 e. The Hall–Kier alpha value is -4.38. The molecule has 2 aliphatic rings. The fourth-order valence-corrected chi connectivity index (χ4v) is 4.28. The van der Waals surface area contributed by atoms with Crippen molar-refractivity contribution in [1.82, 2.24) is 19.8 Å². The third kappa shape index (κ3) is 7.17. The molecule has 1 amide bonds. The van der Waals surface area contributed by atoms with Crippen LogP contribution in [0.25, 0.3) is 5.70 Å². The maximum Gasteiger partial charge on any atom is 0.423 e. The van der Waals surface area contributed by atoms with Crippen molar-refractivity contribution in [1.29, 1.82) is 0 Å². The van der Waals surface area contributed by atoms with Gasteiger partial charge in [0.1, 0.15) is 6.33 Å². The average Bonchev–Trinajstić information content (AvgIpc) is 3.28. The summed E-state index contributed by atoms with van der Waals surface area (Å²) in [5.74, 6) is 5.54. The van der Waals surface area contributed by atoms with Crippen molar-refractivity contribution in [3.05, 3.63) is 95.0 Å². The van der Waals surface area contributed by atoms with E-state index >= 15 is 0 Å². The molecule has 9 nitrogen and oxygen atoms in total. The van der Waals surface area contributed by atoms with Crippen LogP contribution in [-0.4, -0.2) is 65.1 Å². The molecule has 0 atom stereocenters. The molecule has 1 saturated heterocycles. The normalized spacial score (nSPS) is 16.9. The molecule has 5 N–H and O–H groups in total. The Morgan fingerprint density at radius 3 is 2.62 bits per heavy atom. The molecule has 1 fully saturated rings. The summed E-state index contributed by atoms with van der Waals surface area (Å²) < 4.78 is 41.1. The number of hydrogen-bond donors (Lipinski definition) is 3. The highest BCUT2D eigenvalue weighted by Gasteiger charge is 2.34. The quantitative estimate of drug-likeness (QED) is 0.284. The minimum absolute atomic E-state index is 0.138. The number of anilines is 2. The van der Waals surface area contributed by atoms with Crippen LogP contribution in [0.15, 0.2) is 83.9 Å². The molecular weight excluding hydrogens is 521 g/mol. The van der Waals surface area contributed by atoms with Crippen LogP contribution in [0, 0.1) is 6.92 Å². The van der Waals surface area contributed by atoms with Crippen molar-refractivity contribution in [2.24, 2.45) is 11.6 Å². The van der Waals surface area contributed by atoms with Gasteiger partial charge in [-0.25, -0.2) is 15.8 Å². The predicted molar refractivity (Wildman–Crippen MR) is 148 cm³/mol. The summed E-state index contributed by atoms with van der Waals surface area (Å²) >= 11 is 0. The number of amides is 1.